The number of nitrogens with zero attached hydrogens (tertiary/aromatic N) is 2. The summed E-state index contributed by atoms with van der Waals surface area (Å²) in [5.74, 6) is 1.28. The number of benzene rings is 2. The van der Waals surface area contributed by atoms with E-state index < -0.39 is 0 Å². The molecule has 168 valence electrons. The monoisotopic (exact) mass is 432 g/mol. The second kappa shape index (κ2) is 9.19. The minimum absolute atomic E-state index is 0.0722. The summed E-state index contributed by atoms with van der Waals surface area (Å²) >= 11 is 0. The van der Waals surface area contributed by atoms with E-state index in [2.05, 4.69) is 18.7 Å². The molecule has 4 rings (SSSR count). The minimum atomic E-state index is -0.225. The van der Waals surface area contributed by atoms with Gasteiger partial charge in [-0.3, -0.25) is 14.5 Å². The van der Waals surface area contributed by atoms with Crippen LogP contribution in [0.5, 0.6) is 5.75 Å². The largest absolute Gasteiger partial charge is 0.491 e. The number of amides is 2. The molecule has 0 radical (unpaired) electrons. The normalized spacial score (nSPS) is 21.7. The molecule has 1 fully saturated rings. The molecule has 2 aromatic carbocycles. The summed E-state index contributed by atoms with van der Waals surface area (Å²) in [6.45, 7) is 10.2. The molecular weight excluding hydrogens is 400 g/mol. The van der Waals surface area contributed by atoms with Gasteiger partial charge in [-0.1, -0.05) is 56.3 Å². The molecule has 2 amide bonds. The zero-order chi connectivity index (χ0) is 22.8. The molecule has 2 heterocycles. The lowest BCUT2D eigenvalue weighted by molar-refractivity contribution is -0.138. The van der Waals surface area contributed by atoms with Crippen molar-refractivity contribution in [2.24, 2.45) is 11.8 Å². The quantitative estimate of drug-likeness (QED) is 0.619. The number of likely N-dealkylation sites (tertiary alicyclic amines) is 1. The first-order valence-corrected chi connectivity index (χ1v) is 11.5. The van der Waals surface area contributed by atoms with Crippen LogP contribution in [-0.4, -0.2) is 40.8 Å². The lowest BCUT2D eigenvalue weighted by Crippen LogP contribution is -2.41. The molecule has 5 heteroatoms. The number of ether oxygens (including phenoxy) is 1. The third-order valence-electron chi connectivity index (χ3n) is 6.03. The highest BCUT2D eigenvalue weighted by Gasteiger charge is 2.42. The van der Waals surface area contributed by atoms with E-state index in [9.17, 15) is 9.59 Å². The molecule has 2 aliphatic rings. The van der Waals surface area contributed by atoms with Crippen molar-refractivity contribution in [2.45, 2.75) is 46.8 Å². The van der Waals surface area contributed by atoms with Gasteiger partial charge >= 0.3 is 0 Å². The number of carbonyl (C=O) groups excluding carboxylic acids is 2. The van der Waals surface area contributed by atoms with E-state index in [-0.39, 0.29) is 24.5 Å². The predicted molar refractivity (Wildman–Crippen MR) is 126 cm³/mol. The lowest BCUT2D eigenvalue weighted by atomic mass is 9.91. The van der Waals surface area contributed by atoms with Crippen LogP contribution in [0.3, 0.4) is 0 Å². The van der Waals surface area contributed by atoms with Crippen LogP contribution in [0.25, 0.3) is 5.57 Å². The van der Waals surface area contributed by atoms with Gasteiger partial charge in [-0.15, -0.1) is 0 Å². The Balaban J connectivity index is 1.72. The molecule has 0 bridgehead atoms. The molecule has 2 aliphatic heterocycles. The number of rotatable bonds is 6. The van der Waals surface area contributed by atoms with Crippen LogP contribution in [0, 0.1) is 11.8 Å². The molecule has 2 unspecified atom stereocenters. The van der Waals surface area contributed by atoms with Gasteiger partial charge in [0, 0.05) is 13.1 Å². The second-order valence-corrected chi connectivity index (χ2v) is 9.45. The molecular formula is C27H32N2O3. The first-order chi connectivity index (χ1) is 15.3. The SMILES string of the molecule is CC1CC(C)CN(C2=C(c3ccc(OC(C)C)cc3)C(=O)N(Cc3ccccc3)C2=O)C1. The molecule has 32 heavy (non-hydrogen) atoms. The van der Waals surface area contributed by atoms with Gasteiger partial charge in [-0.05, 0) is 55.4 Å². The summed E-state index contributed by atoms with van der Waals surface area (Å²) in [5, 5.41) is 0. The van der Waals surface area contributed by atoms with Gasteiger partial charge in [0.2, 0.25) is 0 Å². The average molecular weight is 433 g/mol. The second-order valence-electron chi connectivity index (χ2n) is 9.45. The Bertz CT molecular complexity index is 1000. The van der Waals surface area contributed by atoms with Gasteiger partial charge in [0.1, 0.15) is 11.4 Å². The van der Waals surface area contributed by atoms with Gasteiger partial charge in [-0.2, -0.15) is 0 Å². The lowest BCUT2D eigenvalue weighted by Gasteiger charge is -2.37. The van der Waals surface area contributed by atoms with E-state index in [4.69, 9.17) is 4.74 Å². The number of hydrogen-bond donors (Lipinski definition) is 0. The van der Waals surface area contributed by atoms with E-state index in [1.807, 2.05) is 68.4 Å². The van der Waals surface area contributed by atoms with Crippen molar-refractivity contribution in [2.75, 3.05) is 13.1 Å². The molecule has 0 aromatic heterocycles. The summed E-state index contributed by atoms with van der Waals surface area (Å²) in [7, 11) is 0. The van der Waals surface area contributed by atoms with Crippen LogP contribution in [0.15, 0.2) is 60.3 Å². The zero-order valence-electron chi connectivity index (χ0n) is 19.4. The predicted octanol–water partition coefficient (Wildman–Crippen LogP) is 4.73. The Kier molecular flexibility index (Phi) is 6.35. The van der Waals surface area contributed by atoms with Gasteiger partial charge in [0.25, 0.3) is 11.8 Å². The van der Waals surface area contributed by atoms with Crippen LogP contribution in [0.4, 0.5) is 0 Å². The van der Waals surface area contributed by atoms with Crippen LogP contribution in [0.1, 0.15) is 45.2 Å². The van der Waals surface area contributed by atoms with E-state index in [1.165, 1.54) is 4.90 Å². The van der Waals surface area contributed by atoms with E-state index in [0.29, 0.717) is 23.1 Å². The molecule has 0 saturated carbocycles. The first kappa shape index (κ1) is 22.1. The fourth-order valence-corrected chi connectivity index (χ4v) is 4.84. The Morgan fingerprint density at radius 3 is 2.12 bits per heavy atom. The molecule has 1 saturated heterocycles. The number of piperidine rings is 1. The maximum atomic E-state index is 13.6. The summed E-state index contributed by atoms with van der Waals surface area (Å²) in [5.41, 5.74) is 2.75. The van der Waals surface area contributed by atoms with Crippen molar-refractivity contribution in [1.29, 1.82) is 0 Å². The standard InChI is InChI=1S/C27H32N2O3/c1-18(2)32-23-12-10-22(11-13-23)24-25(28-15-19(3)14-20(4)16-28)27(31)29(26(24)30)17-21-8-6-5-7-9-21/h5-13,18-20H,14-17H2,1-4H3. The third-order valence-corrected chi connectivity index (χ3v) is 6.03. The van der Waals surface area contributed by atoms with Crippen LogP contribution < -0.4 is 4.74 Å². The topological polar surface area (TPSA) is 49.9 Å². The fourth-order valence-electron chi connectivity index (χ4n) is 4.84. The fraction of sp³-hybridized carbons (Fsp3) is 0.407. The van der Waals surface area contributed by atoms with Crippen LogP contribution in [-0.2, 0) is 16.1 Å². The molecule has 0 aliphatic carbocycles. The maximum Gasteiger partial charge on any atom is 0.278 e. The summed E-state index contributed by atoms with van der Waals surface area (Å²) in [4.78, 5) is 30.7. The van der Waals surface area contributed by atoms with Crippen molar-refractivity contribution in [3.63, 3.8) is 0 Å². The molecule has 5 nitrogen and oxygen atoms in total. The van der Waals surface area contributed by atoms with Crippen molar-refractivity contribution >= 4 is 17.4 Å². The Morgan fingerprint density at radius 2 is 1.53 bits per heavy atom. The van der Waals surface area contributed by atoms with Crippen molar-refractivity contribution < 1.29 is 14.3 Å². The van der Waals surface area contributed by atoms with Crippen molar-refractivity contribution in [1.82, 2.24) is 9.80 Å². The summed E-state index contributed by atoms with van der Waals surface area (Å²) in [6, 6.07) is 17.2. The van der Waals surface area contributed by atoms with E-state index in [1.54, 1.807) is 0 Å². The van der Waals surface area contributed by atoms with E-state index >= 15 is 0 Å². The molecule has 2 aromatic rings. The molecule has 0 spiro atoms. The average Bonchev–Trinajstić information content (AvgIpc) is 2.99. The third kappa shape index (κ3) is 4.57. The first-order valence-electron chi connectivity index (χ1n) is 11.5. The number of carbonyl (C=O) groups is 2. The Labute approximate surface area is 190 Å². The highest BCUT2D eigenvalue weighted by Crippen LogP contribution is 2.36. The van der Waals surface area contributed by atoms with Gasteiger partial charge < -0.3 is 9.64 Å². The smallest absolute Gasteiger partial charge is 0.278 e. The molecule has 0 N–H and O–H groups in total. The highest BCUT2D eigenvalue weighted by atomic mass is 16.5. The van der Waals surface area contributed by atoms with Gasteiger partial charge in [0.05, 0.1) is 18.2 Å². The maximum absolute atomic E-state index is 13.6. The van der Waals surface area contributed by atoms with Crippen LogP contribution >= 0.6 is 0 Å². The van der Waals surface area contributed by atoms with E-state index in [0.717, 1.165) is 36.4 Å². The Hall–Kier alpha value is -3.08. The zero-order valence-corrected chi connectivity index (χ0v) is 19.4. The van der Waals surface area contributed by atoms with Gasteiger partial charge in [-0.25, -0.2) is 0 Å². The summed E-state index contributed by atoms with van der Waals surface area (Å²) < 4.78 is 5.76. The number of imide groups is 1. The highest BCUT2D eigenvalue weighted by molar-refractivity contribution is 6.35. The minimum Gasteiger partial charge on any atom is -0.491 e. The van der Waals surface area contributed by atoms with Crippen LogP contribution in [0.2, 0.25) is 0 Å². The Morgan fingerprint density at radius 1 is 0.906 bits per heavy atom. The number of hydrogen-bond acceptors (Lipinski definition) is 4. The summed E-state index contributed by atoms with van der Waals surface area (Å²) in [6.07, 6.45) is 1.21. The van der Waals surface area contributed by atoms with Crippen molar-refractivity contribution in [3.05, 3.63) is 71.4 Å². The molecule has 2 atom stereocenters. The van der Waals surface area contributed by atoms with Crippen molar-refractivity contribution in [3.8, 4) is 5.75 Å². The van der Waals surface area contributed by atoms with Gasteiger partial charge in [0.15, 0.2) is 0 Å².